The van der Waals surface area contributed by atoms with Gasteiger partial charge in [-0.15, -0.1) is 0 Å². The van der Waals surface area contributed by atoms with E-state index in [9.17, 15) is 27.2 Å². The number of hydrogen-bond acceptors (Lipinski definition) is 7. The van der Waals surface area contributed by atoms with Crippen LogP contribution in [0, 0.1) is 12.7 Å². The monoisotopic (exact) mass is 587 g/mol. The Morgan fingerprint density at radius 1 is 1.02 bits per heavy atom. The van der Waals surface area contributed by atoms with E-state index < -0.39 is 35.1 Å². The molecule has 0 fully saturated rings. The smallest absolute Gasteiger partial charge is 0.416 e. The Labute approximate surface area is 237 Å². The van der Waals surface area contributed by atoms with Crippen molar-refractivity contribution in [3.63, 3.8) is 0 Å². The third kappa shape index (κ3) is 6.71. The van der Waals surface area contributed by atoms with Gasteiger partial charge in [0.05, 0.1) is 28.9 Å². The molecule has 2 aromatic heterocycles. The molecular weight excluding hydrogens is 562 g/mol. The summed E-state index contributed by atoms with van der Waals surface area (Å²) in [6.45, 7) is 6.77. The summed E-state index contributed by atoms with van der Waals surface area (Å²) in [5.41, 5.74) is 0.0727. The fourth-order valence-electron chi connectivity index (χ4n) is 3.97. The Morgan fingerprint density at radius 3 is 2.29 bits per heavy atom. The number of nitrogens with zero attached hydrogens (tertiary/aromatic N) is 3. The maximum Gasteiger partial charge on any atom is 0.416 e. The second kappa shape index (κ2) is 11.3. The molecule has 0 spiro atoms. The fraction of sp³-hybridized carbons (Fsp3) is 0.241. The van der Waals surface area contributed by atoms with E-state index in [2.05, 4.69) is 10.1 Å². The molecule has 0 saturated heterocycles. The van der Waals surface area contributed by atoms with Crippen molar-refractivity contribution in [1.29, 1.82) is 0 Å². The zero-order valence-corrected chi connectivity index (χ0v) is 23.5. The van der Waals surface area contributed by atoms with E-state index in [-0.39, 0.29) is 16.5 Å². The van der Waals surface area contributed by atoms with E-state index in [0.29, 0.717) is 27.3 Å². The molecular formula is C29H25F4N3O4S. The van der Waals surface area contributed by atoms with Gasteiger partial charge in [-0.1, -0.05) is 35.6 Å². The van der Waals surface area contributed by atoms with Crippen molar-refractivity contribution in [2.45, 2.75) is 39.5 Å². The van der Waals surface area contributed by atoms with Crippen LogP contribution >= 0.6 is 11.3 Å². The van der Waals surface area contributed by atoms with Crippen LogP contribution in [0.1, 0.15) is 47.4 Å². The van der Waals surface area contributed by atoms with Crippen molar-refractivity contribution in [2.75, 3.05) is 7.11 Å². The first-order chi connectivity index (χ1) is 19.2. The van der Waals surface area contributed by atoms with Gasteiger partial charge in [0, 0.05) is 17.2 Å². The van der Waals surface area contributed by atoms with Crippen molar-refractivity contribution in [3.8, 4) is 27.5 Å². The molecule has 0 aliphatic rings. The largest absolute Gasteiger partial charge is 0.464 e. The molecule has 0 unspecified atom stereocenters. The van der Waals surface area contributed by atoms with Gasteiger partial charge >= 0.3 is 18.1 Å². The number of aromatic nitrogens is 3. The topological polar surface area (TPSA) is 83.3 Å². The minimum Gasteiger partial charge on any atom is -0.464 e. The van der Waals surface area contributed by atoms with E-state index in [0.717, 1.165) is 23.5 Å². The minimum absolute atomic E-state index is 0.0222. The van der Waals surface area contributed by atoms with Crippen molar-refractivity contribution in [2.24, 2.45) is 0 Å². The minimum atomic E-state index is -4.53. The number of alkyl halides is 3. The van der Waals surface area contributed by atoms with E-state index in [1.165, 1.54) is 54.3 Å². The molecule has 0 aliphatic heterocycles. The molecule has 12 heteroatoms. The van der Waals surface area contributed by atoms with Crippen molar-refractivity contribution in [1.82, 2.24) is 14.8 Å². The van der Waals surface area contributed by atoms with Crippen LogP contribution in [0.2, 0.25) is 0 Å². The first kappa shape index (κ1) is 29.7. The van der Waals surface area contributed by atoms with Crippen molar-refractivity contribution < 1.29 is 36.6 Å². The van der Waals surface area contributed by atoms with Gasteiger partial charge in [-0.2, -0.15) is 23.0 Å². The Morgan fingerprint density at radius 2 is 1.71 bits per heavy atom. The summed E-state index contributed by atoms with van der Waals surface area (Å²) >= 11 is 1.03. The average Bonchev–Trinajstić information content (AvgIpc) is 3.46. The van der Waals surface area contributed by atoms with Crippen LogP contribution in [0.5, 0.6) is 0 Å². The second-order valence-corrected chi connectivity index (χ2v) is 10.9. The number of hydrogen-bond donors (Lipinski definition) is 0. The molecule has 7 nitrogen and oxygen atoms in total. The quantitative estimate of drug-likeness (QED) is 0.134. The van der Waals surface area contributed by atoms with Crippen LogP contribution in [0.25, 0.3) is 33.6 Å². The zero-order valence-electron chi connectivity index (χ0n) is 22.7. The molecule has 2 aromatic carbocycles. The number of aryl methyl sites for hydroxylation is 1. The van der Waals surface area contributed by atoms with E-state index in [1.807, 2.05) is 0 Å². The van der Waals surface area contributed by atoms with Gasteiger partial charge in [0.25, 0.3) is 0 Å². The Kier molecular flexibility index (Phi) is 8.16. The number of carbonyl (C=O) groups is 2. The van der Waals surface area contributed by atoms with Gasteiger partial charge in [-0.05, 0) is 63.6 Å². The number of thiazole rings is 1. The van der Waals surface area contributed by atoms with Crippen molar-refractivity contribution in [3.05, 3.63) is 82.3 Å². The second-order valence-electron chi connectivity index (χ2n) is 9.87. The fourth-order valence-corrected chi connectivity index (χ4v) is 4.92. The maximum atomic E-state index is 14.1. The molecule has 214 valence electrons. The van der Waals surface area contributed by atoms with Gasteiger partial charge in [-0.25, -0.2) is 19.0 Å². The standard InChI is InChI=1S/C29H25F4N3O4S/c1-16-23(18-7-6-8-20(30)15-18)25(26(38)39-5)36(35-16)27-34-24(17-9-11-19(12-10-17)29(31,32)33)21(41-27)13-14-22(37)40-28(2,3)4/h6-15H,1-5H3/b14-13+. The molecule has 0 saturated carbocycles. The Hall–Kier alpha value is -4.32. The highest BCUT2D eigenvalue weighted by Crippen LogP contribution is 2.37. The lowest BCUT2D eigenvalue weighted by molar-refractivity contribution is -0.148. The first-order valence-corrected chi connectivity index (χ1v) is 13.0. The summed E-state index contributed by atoms with van der Waals surface area (Å²) in [4.78, 5) is 30.3. The summed E-state index contributed by atoms with van der Waals surface area (Å²) in [6, 6.07) is 10.0. The predicted octanol–water partition coefficient (Wildman–Crippen LogP) is 7.27. The van der Waals surface area contributed by atoms with E-state index in [4.69, 9.17) is 9.47 Å². The summed E-state index contributed by atoms with van der Waals surface area (Å²) in [7, 11) is 1.19. The number of rotatable bonds is 6. The molecule has 4 aromatic rings. The first-order valence-electron chi connectivity index (χ1n) is 12.2. The highest BCUT2D eigenvalue weighted by molar-refractivity contribution is 7.15. The summed E-state index contributed by atoms with van der Waals surface area (Å²) in [5, 5.41) is 4.63. The van der Waals surface area contributed by atoms with E-state index >= 15 is 0 Å². The Balaban J connectivity index is 1.89. The highest BCUT2D eigenvalue weighted by Gasteiger charge is 2.31. The van der Waals surface area contributed by atoms with Gasteiger partial charge in [0.15, 0.2) is 5.69 Å². The molecule has 0 N–H and O–H groups in total. The average molecular weight is 588 g/mol. The van der Waals surface area contributed by atoms with Crippen molar-refractivity contribution >= 4 is 29.4 Å². The molecule has 0 atom stereocenters. The lowest BCUT2D eigenvalue weighted by Crippen LogP contribution is -2.22. The number of benzene rings is 2. The number of ether oxygens (including phenoxy) is 2. The van der Waals surface area contributed by atoms with Crippen LogP contribution in [-0.4, -0.2) is 39.4 Å². The maximum absolute atomic E-state index is 14.1. The third-order valence-electron chi connectivity index (χ3n) is 5.64. The molecule has 0 amide bonds. The molecule has 0 radical (unpaired) electrons. The van der Waals surface area contributed by atoms with E-state index in [1.54, 1.807) is 33.8 Å². The molecule has 4 rings (SSSR count). The predicted molar refractivity (Wildman–Crippen MR) is 146 cm³/mol. The number of halogens is 4. The molecule has 41 heavy (non-hydrogen) atoms. The van der Waals surface area contributed by atoms with Crippen LogP contribution in [0.3, 0.4) is 0 Å². The number of carbonyl (C=O) groups excluding carboxylic acids is 2. The van der Waals surface area contributed by atoms with Crippen LogP contribution < -0.4 is 0 Å². The van der Waals surface area contributed by atoms with Crippen LogP contribution in [0.4, 0.5) is 17.6 Å². The molecule has 0 aliphatic carbocycles. The molecule has 2 heterocycles. The summed E-state index contributed by atoms with van der Waals surface area (Å²) < 4.78 is 65.1. The number of methoxy groups -OCH3 is 1. The normalized spacial score (nSPS) is 12.1. The summed E-state index contributed by atoms with van der Waals surface area (Å²) in [5.74, 6) is -1.91. The SMILES string of the molecule is COC(=O)c1c(-c2cccc(F)c2)c(C)nn1-c1nc(-c2ccc(C(F)(F)F)cc2)c(/C=C/C(=O)OC(C)(C)C)s1. The van der Waals surface area contributed by atoms with Crippen LogP contribution in [-0.2, 0) is 20.4 Å². The Bertz CT molecular complexity index is 1630. The van der Waals surface area contributed by atoms with Gasteiger partial charge in [-0.3, -0.25) is 0 Å². The highest BCUT2D eigenvalue weighted by atomic mass is 32.1. The number of esters is 2. The zero-order chi connectivity index (χ0) is 30.1. The lowest BCUT2D eigenvalue weighted by atomic mass is 10.0. The van der Waals surface area contributed by atoms with Gasteiger partial charge < -0.3 is 9.47 Å². The summed E-state index contributed by atoms with van der Waals surface area (Å²) in [6.07, 6.45) is -1.91. The lowest BCUT2D eigenvalue weighted by Gasteiger charge is -2.17. The van der Waals surface area contributed by atoms with Gasteiger partial charge in [0.1, 0.15) is 11.4 Å². The third-order valence-corrected chi connectivity index (χ3v) is 6.64. The van der Waals surface area contributed by atoms with Gasteiger partial charge in [0.2, 0.25) is 5.13 Å². The van der Waals surface area contributed by atoms with Crippen LogP contribution in [0.15, 0.2) is 54.6 Å². The molecule has 0 bridgehead atoms.